The van der Waals surface area contributed by atoms with Crippen molar-refractivity contribution in [2.75, 3.05) is 0 Å². The summed E-state index contributed by atoms with van der Waals surface area (Å²) in [6.07, 6.45) is 0. The van der Waals surface area contributed by atoms with E-state index in [2.05, 4.69) is 20.9 Å². The molecule has 0 aliphatic heterocycles. The zero-order valence-corrected chi connectivity index (χ0v) is 8.06. The van der Waals surface area contributed by atoms with E-state index in [0.29, 0.717) is 15.4 Å². The van der Waals surface area contributed by atoms with Gasteiger partial charge < -0.3 is 4.98 Å². The van der Waals surface area contributed by atoms with Gasteiger partial charge in [0.2, 0.25) is 0 Å². The van der Waals surface area contributed by atoms with Crippen LogP contribution in [0.5, 0.6) is 0 Å². The summed E-state index contributed by atoms with van der Waals surface area (Å²) < 4.78 is 13.2. The number of H-pyrrole nitrogens is 1. The largest absolute Gasteiger partial charge is 0.321 e. The van der Waals surface area contributed by atoms with Gasteiger partial charge in [-0.15, -0.1) is 0 Å². The van der Waals surface area contributed by atoms with E-state index in [4.69, 9.17) is 0 Å². The third-order valence-electron chi connectivity index (χ3n) is 1.76. The second kappa shape index (κ2) is 2.96. The summed E-state index contributed by atoms with van der Waals surface area (Å²) in [5.41, 5.74) is 0.425. The van der Waals surface area contributed by atoms with E-state index in [9.17, 15) is 9.18 Å². The first-order valence-electron chi connectivity index (χ1n) is 3.65. The second-order valence-corrected chi connectivity index (χ2v) is 3.53. The Balaban J connectivity index is 2.89. The van der Waals surface area contributed by atoms with Crippen LogP contribution >= 0.6 is 15.9 Å². The van der Waals surface area contributed by atoms with Crippen molar-refractivity contribution < 1.29 is 4.39 Å². The zero-order chi connectivity index (χ0) is 9.42. The van der Waals surface area contributed by atoms with Crippen LogP contribution in [0.1, 0.15) is 0 Å². The minimum absolute atomic E-state index is 0.209. The van der Waals surface area contributed by atoms with E-state index in [0.717, 1.165) is 0 Å². The Morgan fingerprint density at radius 3 is 2.85 bits per heavy atom. The number of halogens is 2. The molecule has 0 saturated carbocycles. The maximum absolute atomic E-state index is 12.8. The Morgan fingerprint density at radius 1 is 1.31 bits per heavy atom. The Bertz CT molecular complexity index is 520. The van der Waals surface area contributed by atoms with Crippen LogP contribution in [0, 0.1) is 5.82 Å². The fourth-order valence-corrected chi connectivity index (χ4v) is 1.50. The fraction of sp³-hybridized carbons (Fsp3) is 0. The molecule has 0 amide bonds. The first-order chi connectivity index (χ1) is 6.16. The SMILES string of the molecule is O=c1[nH]c2ccc(F)cc2cc1Br. The van der Waals surface area contributed by atoms with Gasteiger partial charge in [-0.05, 0) is 40.2 Å². The van der Waals surface area contributed by atoms with E-state index in [1.807, 2.05) is 0 Å². The lowest BCUT2D eigenvalue weighted by atomic mass is 10.2. The molecule has 2 aromatic rings. The van der Waals surface area contributed by atoms with Gasteiger partial charge in [0.15, 0.2) is 0 Å². The molecule has 1 aromatic heterocycles. The predicted molar refractivity (Wildman–Crippen MR) is 52.2 cm³/mol. The van der Waals surface area contributed by atoms with Gasteiger partial charge in [0.1, 0.15) is 5.82 Å². The highest BCUT2D eigenvalue weighted by atomic mass is 79.9. The normalized spacial score (nSPS) is 10.6. The molecule has 0 saturated heterocycles. The summed E-state index contributed by atoms with van der Waals surface area (Å²) >= 11 is 3.07. The highest BCUT2D eigenvalue weighted by Crippen LogP contribution is 2.14. The molecule has 0 aliphatic rings. The molecule has 66 valence electrons. The molecule has 0 radical (unpaired) electrons. The van der Waals surface area contributed by atoms with Gasteiger partial charge in [0.25, 0.3) is 5.56 Å². The minimum atomic E-state index is -0.313. The molecular weight excluding hydrogens is 237 g/mol. The smallest absolute Gasteiger partial charge is 0.262 e. The molecule has 1 aromatic carbocycles. The summed E-state index contributed by atoms with van der Waals surface area (Å²) in [5.74, 6) is -0.313. The molecular formula is C9H5BrFNO. The third kappa shape index (κ3) is 1.49. The summed E-state index contributed by atoms with van der Waals surface area (Å²) in [7, 11) is 0. The number of aromatic nitrogens is 1. The Kier molecular flexibility index (Phi) is 1.92. The summed E-state index contributed by atoms with van der Waals surface area (Å²) in [6.45, 7) is 0. The Hall–Kier alpha value is -1.16. The average Bonchev–Trinajstić information content (AvgIpc) is 2.08. The van der Waals surface area contributed by atoms with Crippen molar-refractivity contribution >= 4 is 26.8 Å². The topological polar surface area (TPSA) is 32.9 Å². The number of hydrogen-bond donors (Lipinski definition) is 1. The first-order valence-corrected chi connectivity index (χ1v) is 4.44. The molecule has 2 nitrogen and oxygen atoms in total. The molecule has 4 heteroatoms. The zero-order valence-electron chi connectivity index (χ0n) is 6.47. The second-order valence-electron chi connectivity index (χ2n) is 2.68. The quantitative estimate of drug-likeness (QED) is 0.756. The number of benzene rings is 1. The first kappa shape index (κ1) is 8.44. The number of aromatic amines is 1. The third-order valence-corrected chi connectivity index (χ3v) is 2.35. The predicted octanol–water partition coefficient (Wildman–Crippen LogP) is 2.43. The molecule has 0 bridgehead atoms. The maximum atomic E-state index is 12.8. The lowest BCUT2D eigenvalue weighted by Crippen LogP contribution is -2.05. The van der Waals surface area contributed by atoms with Crippen LogP contribution in [0.4, 0.5) is 4.39 Å². The van der Waals surface area contributed by atoms with Crippen molar-refractivity contribution in [1.29, 1.82) is 0 Å². The van der Waals surface area contributed by atoms with E-state index < -0.39 is 0 Å². The maximum Gasteiger partial charge on any atom is 0.262 e. The fourth-order valence-electron chi connectivity index (χ4n) is 1.15. The van der Waals surface area contributed by atoms with Gasteiger partial charge in [-0.25, -0.2) is 4.39 Å². The van der Waals surface area contributed by atoms with Crippen molar-refractivity contribution in [3.8, 4) is 0 Å². The minimum Gasteiger partial charge on any atom is -0.321 e. The number of hydrogen-bond acceptors (Lipinski definition) is 1. The van der Waals surface area contributed by atoms with E-state index in [-0.39, 0.29) is 11.4 Å². The van der Waals surface area contributed by atoms with Crippen LogP contribution in [0.15, 0.2) is 33.5 Å². The monoisotopic (exact) mass is 241 g/mol. The molecule has 0 atom stereocenters. The molecule has 1 N–H and O–H groups in total. The summed E-state index contributed by atoms with van der Waals surface area (Å²) in [4.78, 5) is 13.7. The highest BCUT2D eigenvalue weighted by Gasteiger charge is 2.00. The Morgan fingerprint density at radius 2 is 2.08 bits per heavy atom. The number of pyridine rings is 1. The van der Waals surface area contributed by atoms with Crippen molar-refractivity contribution in [3.63, 3.8) is 0 Å². The molecule has 0 unspecified atom stereocenters. The molecule has 2 rings (SSSR count). The van der Waals surface area contributed by atoms with E-state index in [1.54, 1.807) is 12.1 Å². The van der Waals surface area contributed by atoms with Gasteiger partial charge in [0.05, 0.1) is 4.47 Å². The van der Waals surface area contributed by atoms with Crippen LogP contribution in [0.3, 0.4) is 0 Å². The number of rotatable bonds is 0. The van der Waals surface area contributed by atoms with Gasteiger partial charge >= 0.3 is 0 Å². The van der Waals surface area contributed by atoms with Crippen LogP contribution in [0.2, 0.25) is 0 Å². The van der Waals surface area contributed by atoms with Crippen LogP contribution < -0.4 is 5.56 Å². The van der Waals surface area contributed by atoms with Crippen molar-refractivity contribution in [1.82, 2.24) is 4.98 Å². The van der Waals surface area contributed by atoms with E-state index in [1.165, 1.54) is 12.1 Å². The highest BCUT2D eigenvalue weighted by molar-refractivity contribution is 9.10. The summed E-state index contributed by atoms with van der Waals surface area (Å²) in [6, 6.07) is 5.82. The standard InChI is InChI=1S/C9H5BrFNO/c10-7-4-5-3-6(11)1-2-8(5)12-9(7)13/h1-4H,(H,12,13). The van der Waals surface area contributed by atoms with E-state index >= 15 is 0 Å². The molecule has 0 spiro atoms. The Labute approximate surface area is 81.5 Å². The van der Waals surface area contributed by atoms with Gasteiger partial charge in [-0.1, -0.05) is 0 Å². The van der Waals surface area contributed by atoms with Crippen molar-refractivity contribution in [3.05, 3.63) is 44.9 Å². The molecule has 1 heterocycles. The van der Waals surface area contributed by atoms with Gasteiger partial charge in [-0.3, -0.25) is 4.79 Å². The summed E-state index contributed by atoms with van der Waals surface area (Å²) in [5, 5.41) is 0.673. The average molecular weight is 242 g/mol. The van der Waals surface area contributed by atoms with Crippen molar-refractivity contribution in [2.45, 2.75) is 0 Å². The van der Waals surface area contributed by atoms with Crippen molar-refractivity contribution in [2.24, 2.45) is 0 Å². The van der Waals surface area contributed by atoms with Crippen LogP contribution in [-0.2, 0) is 0 Å². The van der Waals surface area contributed by atoms with Gasteiger partial charge in [-0.2, -0.15) is 0 Å². The van der Waals surface area contributed by atoms with Crippen LogP contribution in [0.25, 0.3) is 10.9 Å². The number of nitrogens with one attached hydrogen (secondary N) is 1. The molecule has 13 heavy (non-hydrogen) atoms. The lowest BCUT2D eigenvalue weighted by Gasteiger charge is -1.97. The molecule has 0 fully saturated rings. The lowest BCUT2D eigenvalue weighted by molar-refractivity contribution is 0.629. The van der Waals surface area contributed by atoms with Gasteiger partial charge in [0, 0.05) is 10.9 Å². The molecule has 0 aliphatic carbocycles. The van der Waals surface area contributed by atoms with Crippen LogP contribution in [-0.4, -0.2) is 4.98 Å². The number of fused-ring (bicyclic) bond motifs is 1.